The zero-order valence-corrected chi connectivity index (χ0v) is 13.5. The van der Waals surface area contributed by atoms with Crippen LogP contribution >= 0.6 is 34.5 Å². The van der Waals surface area contributed by atoms with E-state index in [4.69, 9.17) is 28.3 Å². The zero-order valence-electron chi connectivity index (χ0n) is 10.4. The standard InChI is InChI=1S/C12H11Cl2NO3S2/c1-7-2-12(19-11(7)6-16)20(17,18)15-10-4-8(13)3-9(14)5-10/h2-5,15-16H,6H2,1H3. The van der Waals surface area contributed by atoms with Gasteiger partial charge in [-0.3, -0.25) is 4.72 Å². The lowest BCUT2D eigenvalue weighted by atomic mass is 10.3. The molecule has 4 nitrogen and oxygen atoms in total. The highest BCUT2D eigenvalue weighted by Gasteiger charge is 2.19. The van der Waals surface area contributed by atoms with Crippen LogP contribution < -0.4 is 4.72 Å². The largest absolute Gasteiger partial charge is 0.391 e. The summed E-state index contributed by atoms with van der Waals surface area (Å²) >= 11 is 12.7. The van der Waals surface area contributed by atoms with Crippen molar-refractivity contribution >= 4 is 50.2 Å². The lowest BCUT2D eigenvalue weighted by molar-refractivity contribution is 0.285. The number of rotatable bonds is 4. The Morgan fingerprint density at radius 3 is 2.30 bits per heavy atom. The third-order valence-electron chi connectivity index (χ3n) is 2.52. The zero-order chi connectivity index (χ0) is 14.9. The quantitative estimate of drug-likeness (QED) is 0.883. The van der Waals surface area contributed by atoms with Gasteiger partial charge in [0.25, 0.3) is 10.0 Å². The van der Waals surface area contributed by atoms with Crippen LogP contribution in [0.25, 0.3) is 0 Å². The molecule has 0 amide bonds. The summed E-state index contributed by atoms with van der Waals surface area (Å²) in [5.41, 5.74) is 1.03. The molecule has 0 aliphatic carbocycles. The summed E-state index contributed by atoms with van der Waals surface area (Å²) in [5.74, 6) is 0. The molecular weight excluding hydrogens is 341 g/mol. The summed E-state index contributed by atoms with van der Waals surface area (Å²) < 4.78 is 27.0. The SMILES string of the molecule is Cc1cc(S(=O)(=O)Nc2cc(Cl)cc(Cl)c2)sc1CO. The number of halogens is 2. The maximum atomic E-state index is 12.2. The van der Waals surface area contributed by atoms with Gasteiger partial charge >= 0.3 is 0 Å². The van der Waals surface area contributed by atoms with Crippen molar-refractivity contribution in [3.63, 3.8) is 0 Å². The summed E-state index contributed by atoms with van der Waals surface area (Å²) in [6, 6.07) is 5.97. The lowest BCUT2D eigenvalue weighted by Crippen LogP contribution is -2.11. The van der Waals surface area contributed by atoms with Gasteiger partial charge in [-0.2, -0.15) is 0 Å². The molecule has 0 saturated heterocycles. The Morgan fingerprint density at radius 1 is 1.20 bits per heavy atom. The predicted octanol–water partition coefficient (Wildman–Crippen LogP) is 3.66. The Balaban J connectivity index is 2.35. The fourth-order valence-corrected chi connectivity index (χ4v) is 4.61. The smallest absolute Gasteiger partial charge is 0.271 e. The van der Waals surface area contributed by atoms with Crippen LogP contribution in [0.3, 0.4) is 0 Å². The van der Waals surface area contributed by atoms with E-state index in [1.165, 1.54) is 24.3 Å². The fourth-order valence-electron chi connectivity index (χ4n) is 1.60. The van der Waals surface area contributed by atoms with Crippen LogP contribution in [-0.4, -0.2) is 13.5 Å². The van der Waals surface area contributed by atoms with E-state index in [9.17, 15) is 8.42 Å². The average Bonchev–Trinajstić information content (AvgIpc) is 2.69. The van der Waals surface area contributed by atoms with Crippen LogP contribution in [0.15, 0.2) is 28.5 Å². The molecule has 0 aliphatic heterocycles. The molecule has 1 aromatic carbocycles. The minimum absolute atomic E-state index is 0.134. The molecule has 0 spiro atoms. The molecule has 0 atom stereocenters. The molecule has 1 heterocycles. The van der Waals surface area contributed by atoms with E-state index >= 15 is 0 Å². The van der Waals surface area contributed by atoms with Crippen molar-refractivity contribution in [3.8, 4) is 0 Å². The molecule has 0 saturated carbocycles. The molecule has 20 heavy (non-hydrogen) atoms. The molecule has 1 aromatic heterocycles. The number of aryl methyl sites for hydroxylation is 1. The highest BCUT2D eigenvalue weighted by atomic mass is 35.5. The molecule has 0 aliphatic rings. The van der Waals surface area contributed by atoms with Crippen molar-refractivity contribution in [1.29, 1.82) is 0 Å². The van der Waals surface area contributed by atoms with Gasteiger partial charge in [0.05, 0.1) is 12.3 Å². The molecular formula is C12H11Cl2NO3S2. The van der Waals surface area contributed by atoms with Crippen LogP contribution in [0.4, 0.5) is 5.69 Å². The maximum Gasteiger partial charge on any atom is 0.271 e. The Morgan fingerprint density at radius 2 is 1.80 bits per heavy atom. The molecule has 0 unspecified atom stereocenters. The van der Waals surface area contributed by atoms with Gasteiger partial charge in [-0.05, 0) is 36.8 Å². The summed E-state index contributed by atoms with van der Waals surface area (Å²) in [5, 5.41) is 9.80. The fraction of sp³-hybridized carbons (Fsp3) is 0.167. The molecule has 2 aromatic rings. The average molecular weight is 352 g/mol. The summed E-state index contributed by atoms with van der Waals surface area (Å²) in [6.07, 6.45) is 0. The third kappa shape index (κ3) is 3.45. The molecule has 8 heteroatoms. The lowest BCUT2D eigenvalue weighted by Gasteiger charge is -2.07. The molecule has 2 N–H and O–H groups in total. The van der Waals surface area contributed by atoms with Crippen molar-refractivity contribution in [2.24, 2.45) is 0 Å². The molecule has 108 valence electrons. The Bertz CT molecular complexity index is 721. The van der Waals surface area contributed by atoms with Crippen LogP contribution in [0.2, 0.25) is 10.0 Å². The molecule has 0 radical (unpaired) electrons. The van der Waals surface area contributed by atoms with E-state index in [2.05, 4.69) is 4.72 Å². The van der Waals surface area contributed by atoms with E-state index in [0.29, 0.717) is 20.6 Å². The van der Waals surface area contributed by atoms with Gasteiger partial charge in [-0.15, -0.1) is 11.3 Å². The number of benzene rings is 1. The number of thiophene rings is 1. The summed E-state index contributed by atoms with van der Waals surface area (Å²) in [7, 11) is -3.72. The number of anilines is 1. The van der Waals surface area contributed by atoms with E-state index in [0.717, 1.165) is 16.9 Å². The highest BCUT2D eigenvalue weighted by Crippen LogP contribution is 2.29. The van der Waals surface area contributed by atoms with E-state index < -0.39 is 10.0 Å². The second-order valence-corrected chi connectivity index (χ2v) is 8.01. The van der Waals surface area contributed by atoms with Crippen molar-refractivity contribution < 1.29 is 13.5 Å². The minimum atomic E-state index is -3.72. The van der Waals surface area contributed by atoms with E-state index in [1.54, 1.807) is 6.92 Å². The Labute approximate surface area is 131 Å². The van der Waals surface area contributed by atoms with Crippen LogP contribution in [0.5, 0.6) is 0 Å². The summed E-state index contributed by atoms with van der Waals surface area (Å²) in [6.45, 7) is 1.56. The van der Waals surface area contributed by atoms with Gasteiger partial charge in [-0.25, -0.2) is 8.42 Å². The van der Waals surface area contributed by atoms with Crippen molar-refractivity contribution in [1.82, 2.24) is 0 Å². The van der Waals surface area contributed by atoms with Gasteiger partial charge in [0.2, 0.25) is 0 Å². The Hall–Kier alpha value is -0.790. The third-order valence-corrected chi connectivity index (χ3v) is 6.03. The predicted molar refractivity (Wildman–Crippen MR) is 82.2 cm³/mol. The van der Waals surface area contributed by atoms with Crippen LogP contribution in [-0.2, 0) is 16.6 Å². The first kappa shape index (κ1) is 15.6. The highest BCUT2D eigenvalue weighted by molar-refractivity contribution is 7.94. The van der Waals surface area contributed by atoms with Crippen molar-refractivity contribution in [2.45, 2.75) is 17.7 Å². The number of hydrogen-bond acceptors (Lipinski definition) is 4. The van der Waals surface area contributed by atoms with Crippen LogP contribution in [0, 0.1) is 6.92 Å². The minimum Gasteiger partial charge on any atom is -0.391 e. The monoisotopic (exact) mass is 351 g/mol. The number of nitrogens with one attached hydrogen (secondary N) is 1. The van der Waals surface area contributed by atoms with E-state index in [1.807, 2.05) is 0 Å². The van der Waals surface area contributed by atoms with Gasteiger partial charge in [0.1, 0.15) is 4.21 Å². The number of aliphatic hydroxyl groups excluding tert-OH is 1. The number of hydrogen-bond donors (Lipinski definition) is 2. The first-order chi connectivity index (χ1) is 9.31. The molecule has 0 fully saturated rings. The van der Waals surface area contributed by atoms with Gasteiger partial charge in [-0.1, -0.05) is 23.2 Å². The second kappa shape index (κ2) is 5.91. The summed E-state index contributed by atoms with van der Waals surface area (Å²) in [4.78, 5) is 0.620. The number of sulfonamides is 1. The van der Waals surface area contributed by atoms with Crippen molar-refractivity contribution in [2.75, 3.05) is 4.72 Å². The first-order valence-electron chi connectivity index (χ1n) is 5.51. The van der Waals surface area contributed by atoms with Gasteiger partial charge in [0.15, 0.2) is 0 Å². The first-order valence-corrected chi connectivity index (χ1v) is 8.56. The van der Waals surface area contributed by atoms with Crippen LogP contribution in [0.1, 0.15) is 10.4 Å². The van der Waals surface area contributed by atoms with Crippen molar-refractivity contribution in [3.05, 3.63) is 44.8 Å². The maximum absolute atomic E-state index is 12.2. The number of aliphatic hydroxyl groups is 1. The van der Waals surface area contributed by atoms with E-state index in [-0.39, 0.29) is 10.8 Å². The normalized spacial score (nSPS) is 11.6. The van der Waals surface area contributed by atoms with Gasteiger partial charge in [0, 0.05) is 14.9 Å². The topological polar surface area (TPSA) is 66.4 Å². The second-order valence-electron chi connectivity index (χ2n) is 4.09. The molecule has 2 rings (SSSR count). The Kier molecular flexibility index (Phi) is 4.61. The molecule has 0 bridgehead atoms. The van der Waals surface area contributed by atoms with Gasteiger partial charge < -0.3 is 5.11 Å².